The number of phenolic OH excluding ortho intramolecular Hbond substituents is 1. The monoisotopic (exact) mass is 291 g/mol. The Labute approximate surface area is 125 Å². The average Bonchev–Trinajstić information content (AvgIpc) is 2.47. The van der Waals surface area contributed by atoms with Crippen LogP contribution in [0.25, 0.3) is 0 Å². The molecule has 0 atom stereocenters. The maximum absolute atomic E-state index is 9.87. The van der Waals surface area contributed by atoms with E-state index in [0.29, 0.717) is 5.11 Å². The number of nitrogens with one attached hydrogen (secondary N) is 1. The summed E-state index contributed by atoms with van der Waals surface area (Å²) in [6.07, 6.45) is 3.64. The molecule has 0 amide bonds. The first-order valence-corrected chi connectivity index (χ1v) is 7.38. The van der Waals surface area contributed by atoms with E-state index in [9.17, 15) is 5.11 Å². The number of hydrazone groups is 1. The number of benzene rings is 1. The molecule has 0 bridgehead atoms. The molecule has 5 heteroatoms. The lowest BCUT2D eigenvalue weighted by molar-refractivity contribution is 0.338. The number of aryl methyl sites for hydroxylation is 1. The summed E-state index contributed by atoms with van der Waals surface area (Å²) in [6.45, 7) is 5.84. The molecular weight excluding hydrogens is 270 g/mol. The Kier molecular flexibility index (Phi) is 4.95. The van der Waals surface area contributed by atoms with Crippen LogP contribution in [-0.2, 0) is 0 Å². The van der Waals surface area contributed by atoms with Gasteiger partial charge in [-0.25, -0.2) is 0 Å². The Morgan fingerprint density at radius 2 is 2.00 bits per heavy atom. The number of thiocarbonyl (C=S) groups is 1. The van der Waals surface area contributed by atoms with Crippen molar-refractivity contribution in [1.29, 1.82) is 0 Å². The van der Waals surface area contributed by atoms with Crippen LogP contribution in [0.5, 0.6) is 5.75 Å². The number of hydrogen-bond donors (Lipinski definition) is 2. The van der Waals surface area contributed by atoms with Crippen LogP contribution in [-0.4, -0.2) is 33.9 Å². The summed E-state index contributed by atoms with van der Waals surface area (Å²) in [5.74, 6) is 0.238. The summed E-state index contributed by atoms with van der Waals surface area (Å²) in [5.41, 5.74) is 5.48. The molecular formula is C15H21N3OS. The second kappa shape index (κ2) is 6.70. The van der Waals surface area contributed by atoms with E-state index in [1.54, 1.807) is 6.07 Å². The van der Waals surface area contributed by atoms with Crippen LogP contribution in [0.3, 0.4) is 0 Å². The molecule has 0 aliphatic carbocycles. The van der Waals surface area contributed by atoms with Crippen LogP contribution in [0, 0.1) is 6.92 Å². The molecule has 2 rings (SSSR count). The fourth-order valence-electron chi connectivity index (χ4n) is 2.30. The standard InChI is InChI=1S/C15H21N3OS/c1-11-6-7-14(19)13(10-11)12(2)16-17-15(20)18-8-4-3-5-9-18/h6-7,10,19H,3-5,8-9H2,1-2H3,(H,17,20)/b16-12+. The predicted octanol–water partition coefficient (Wildman–Crippen LogP) is 2.79. The van der Waals surface area contributed by atoms with Crippen molar-refractivity contribution in [3.63, 3.8) is 0 Å². The second-order valence-corrected chi connectivity index (χ2v) is 5.57. The summed E-state index contributed by atoms with van der Waals surface area (Å²) in [4.78, 5) is 2.14. The average molecular weight is 291 g/mol. The lowest BCUT2D eigenvalue weighted by atomic mass is 10.1. The molecule has 2 N–H and O–H groups in total. The maximum Gasteiger partial charge on any atom is 0.189 e. The summed E-state index contributed by atoms with van der Waals surface area (Å²) >= 11 is 5.35. The van der Waals surface area contributed by atoms with Gasteiger partial charge in [-0.05, 0) is 57.5 Å². The predicted molar refractivity (Wildman–Crippen MR) is 86.2 cm³/mol. The lowest BCUT2D eigenvalue weighted by Gasteiger charge is -2.28. The molecule has 0 unspecified atom stereocenters. The van der Waals surface area contributed by atoms with Gasteiger partial charge >= 0.3 is 0 Å². The zero-order valence-electron chi connectivity index (χ0n) is 12.0. The Hall–Kier alpha value is -1.62. The van der Waals surface area contributed by atoms with Crippen molar-refractivity contribution in [1.82, 2.24) is 10.3 Å². The molecule has 1 aliphatic heterocycles. The Balaban J connectivity index is 2.03. The summed E-state index contributed by atoms with van der Waals surface area (Å²) < 4.78 is 0. The maximum atomic E-state index is 9.87. The number of hydrogen-bond acceptors (Lipinski definition) is 3. The first-order chi connectivity index (χ1) is 9.58. The van der Waals surface area contributed by atoms with Gasteiger partial charge in [-0.1, -0.05) is 11.6 Å². The highest BCUT2D eigenvalue weighted by Crippen LogP contribution is 2.18. The van der Waals surface area contributed by atoms with Crippen LogP contribution in [0.1, 0.15) is 37.3 Å². The molecule has 4 nitrogen and oxygen atoms in total. The number of likely N-dealkylation sites (tertiary alicyclic amines) is 1. The van der Waals surface area contributed by atoms with E-state index in [0.717, 1.165) is 29.9 Å². The van der Waals surface area contributed by atoms with Gasteiger partial charge in [0.1, 0.15) is 5.75 Å². The third-order valence-electron chi connectivity index (χ3n) is 3.50. The van der Waals surface area contributed by atoms with Crippen molar-refractivity contribution in [2.75, 3.05) is 13.1 Å². The molecule has 1 aromatic carbocycles. The van der Waals surface area contributed by atoms with E-state index in [1.807, 2.05) is 26.0 Å². The van der Waals surface area contributed by atoms with Crippen LogP contribution >= 0.6 is 12.2 Å². The van der Waals surface area contributed by atoms with Crippen LogP contribution in [0.2, 0.25) is 0 Å². The molecule has 0 saturated carbocycles. The lowest BCUT2D eigenvalue weighted by Crippen LogP contribution is -2.40. The van der Waals surface area contributed by atoms with Crippen LogP contribution < -0.4 is 5.43 Å². The van der Waals surface area contributed by atoms with Gasteiger partial charge in [0.05, 0.1) is 5.71 Å². The van der Waals surface area contributed by atoms with Gasteiger partial charge in [-0.3, -0.25) is 5.43 Å². The molecule has 1 saturated heterocycles. The van der Waals surface area contributed by atoms with Gasteiger partial charge in [-0.15, -0.1) is 0 Å². The van der Waals surface area contributed by atoms with E-state index in [2.05, 4.69) is 15.4 Å². The summed E-state index contributed by atoms with van der Waals surface area (Å²) in [6, 6.07) is 5.48. The Morgan fingerprint density at radius 3 is 2.70 bits per heavy atom. The van der Waals surface area contributed by atoms with Gasteiger partial charge < -0.3 is 10.0 Å². The van der Waals surface area contributed by atoms with Crippen molar-refractivity contribution < 1.29 is 5.11 Å². The summed E-state index contributed by atoms with van der Waals surface area (Å²) in [5, 5.41) is 14.8. The molecule has 0 radical (unpaired) electrons. The second-order valence-electron chi connectivity index (χ2n) is 5.18. The van der Waals surface area contributed by atoms with Crippen molar-refractivity contribution in [3.05, 3.63) is 29.3 Å². The van der Waals surface area contributed by atoms with Crippen molar-refractivity contribution in [3.8, 4) is 5.75 Å². The van der Waals surface area contributed by atoms with E-state index in [4.69, 9.17) is 12.2 Å². The third kappa shape index (κ3) is 3.70. The molecule has 108 valence electrons. The third-order valence-corrected chi connectivity index (χ3v) is 3.85. The highest BCUT2D eigenvalue weighted by atomic mass is 32.1. The molecule has 1 fully saturated rings. The first kappa shape index (κ1) is 14.8. The van der Waals surface area contributed by atoms with Crippen LogP contribution in [0.4, 0.5) is 0 Å². The van der Waals surface area contributed by atoms with Gasteiger partial charge in [-0.2, -0.15) is 5.10 Å². The van der Waals surface area contributed by atoms with E-state index in [1.165, 1.54) is 19.3 Å². The van der Waals surface area contributed by atoms with E-state index < -0.39 is 0 Å². The summed E-state index contributed by atoms with van der Waals surface area (Å²) in [7, 11) is 0. The minimum Gasteiger partial charge on any atom is -0.507 e. The van der Waals surface area contributed by atoms with E-state index in [-0.39, 0.29) is 5.75 Å². The van der Waals surface area contributed by atoms with E-state index >= 15 is 0 Å². The number of nitrogens with zero attached hydrogens (tertiary/aromatic N) is 2. The highest BCUT2D eigenvalue weighted by molar-refractivity contribution is 7.80. The quantitative estimate of drug-likeness (QED) is 0.500. The zero-order valence-corrected chi connectivity index (χ0v) is 12.8. The van der Waals surface area contributed by atoms with Crippen LogP contribution in [0.15, 0.2) is 23.3 Å². The Bertz CT molecular complexity index is 522. The van der Waals surface area contributed by atoms with Gasteiger partial charge in [0, 0.05) is 18.7 Å². The van der Waals surface area contributed by atoms with Gasteiger partial charge in [0.2, 0.25) is 0 Å². The smallest absolute Gasteiger partial charge is 0.189 e. The van der Waals surface area contributed by atoms with Gasteiger partial charge in [0.15, 0.2) is 5.11 Å². The number of aromatic hydroxyl groups is 1. The molecule has 0 aromatic heterocycles. The molecule has 0 spiro atoms. The van der Waals surface area contributed by atoms with Crippen molar-refractivity contribution in [2.45, 2.75) is 33.1 Å². The topological polar surface area (TPSA) is 47.9 Å². The minimum absolute atomic E-state index is 0.238. The van der Waals surface area contributed by atoms with Crippen molar-refractivity contribution in [2.24, 2.45) is 5.10 Å². The number of rotatable bonds is 2. The molecule has 1 heterocycles. The molecule has 1 aromatic rings. The Morgan fingerprint density at radius 1 is 1.30 bits per heavy atom. The largest absolute Gasteiger partial charge is 0.507 e. The zero-order chi connectivity index (χ0) is 14.5. The minimum atomic E-state index is 0.238. The fraction of sp³-hybridized carbons (Fsp3) is 0.467. The SMILES string of the molecule is C/C(=N\NC(=S)N1CCCCC1)c1cc(C)ccc1O. The van der Waals surface area contributed by atoms with Gasteiger partial charge in [0.25, 0.3) is 0 Å². The number of piperidine rings is 1. The fourth-order valence-corrected chi connectivity index (χ4v) is 2.53. The first-order valence-electron chi connectivity index (χ1n) is 6.97. The number of phenols is 1. The molecule has 20 heavy (non-hydrogen) atoms. The normalized spacial score (nSPS) is 16.1. The van der Waals surface area contributed by atoms with Crippen molar-refractivity contribution >= 4 is 23.0 Å². The highest BCUT2D eigenvalue weighted by Gasteiger charge is 2.13. The molecule has 1 aliphatic rings.